The Labute approximate surface area is 187 Å². The second-order valence-corrected chi connectivity index (χ2v) is 7.71. The van der Waals surface area contributed by atoms with Gasteiger partial charge in [-0.2, -0.15) is 0 Å². The molecule has 0 unspecified atom stereocenters. The maximum absolute atomic E-state index is 13.9. The number of amides is 2. The molecule has 0 bridgehead atoms. The van der Waals surface area contributed by atoms with E-state index in [-0.39, 0.29) is 24.0 Å². The first-order valence-electron chi connectivity index (χ1n) is 10.7. The first-order valence-corrected chi connectivity index (χ1v) is 10.7. The number of benzene rings is 3. The molecule has 6 heteroatoms. The lowest BCUT2D eigenvalue weighted by Gasteiger charge is -2.34. The van der Waals surface area contributed by atoms with Crippen molar-refractivity contribution in [2.75, 3.05) is 32.8 Å². The lowest BCUT2D eigenvalue weighted by Crippen LogP contribution is -2.51. The fourth-order valence-electron chi connectivity index (χ4n) is 3.80. The molecule has 1 saturated heterocycles. The first kappa shape index (κ1) is 21.6. The highest BCUT2D eigenvalue weighted by Crippen LogP contribution is 2.21. The molecule has 0 aliphatic carbocycles. The molecular weight excluding hydrogens is 407 g/mol. The molecule has 2 amide bonds. The largest absolute Gasteiger partial charge is 0.483 e. The average Bonchev–Trinajstić information content (AvgIpc) is 2.84. The van der Waals surface area contributed by atoms with Crippen LogP contribution < -0.4 is 4.74 Å². The predicted octanol–water partition coefficient (Wildman–Crippen LogP) is 3.78. The number of nitrogens with zero attached hydrogens (tertiary/aromatic N) is 2. The SMILES string of the molecule is O=C(COc1ccccc1Cc1ccccc1)N1CCN(C(=O)c2ccccc2F)CC1. The van der Waals surface area contributed by atoms with Crippen LogP contribution in [0.2, 0.25) is 0 Å². The van der Waals surface area contributed by atoms with Gasteiger partial charge in [0.25, 0.3) is 11.8 Å². The third kappa shape index (κ3) is 5.14. The van der Waals surface area contributed by atoms with Gasteiger partial charge in [0.15, 0.2) is 6.61 Å². The minimum absolute atomic E-state index is 0.0608. The molecule has 1 aliphatic rings. The lowest BCUT2D eigenvalue weighted by atomic mass is 10.0. The van der Waals surface area contributed by atoms with Crippen molar-refractivity contribution < 1.29 is 18.7 Å². The minimum Gasteiger partial charge on any atom is -0.483 e. The van der Waals surface area contributed by atoms with E-state index < -0.39 is 5.82 Å². The summed E-state index contributed by atoms with van der Waals surface area (Å²) in [4.78, 5) is 28.5. The van der Waals surface area contributed by atoms with E-state index in [9.17, 15) is 14.0 Å². The van der Waals surface area contributed by atoms with Crippen molar-refractivity contribution in [2.45, 2.75) is 6.42 Å². The second-order valence-electron chi connectivity index (χ2n) is 7.71. The second kappa shape index (κ2) is 10.1. The van der Waals surface area contributed by atoms with Gasteiger partial charge < -0.3 is 14.5 Å². The van der Waals surface area contributed by atoms with Gasteiger partial charge in [-0.15, -0.1) is 0 Å². The van der Waals surface area contributed by atoms with E-state index in [1.54, 1.807) is 21.9 Å². The highest BCUT2D eigenvalue weighted by molar-refractivity contribution is 5.94. The highest BCUT2D eigenvalue weighted by Gasteiger charge is 2.26. The van der Waals surface area contributed by atoms with Gasteiger partial charge in [-0.05, 0) is 29.3 Å². The third-order valence-corrected chi connectivity index (χ3v) is 5.59. The number of carbonyl (C=O) groups excluding carboxylic acids is 2. The fourth-order valence-corrected chi connectivity index (χ4v) is 3.80. The summed E-state index contributed by atoms with van der Waals surface area (Å²) in [6.45, 7) is 1.46. The Morgan fingerprint density at radius 3 is 2.16 bits per heavy atom. The number of hydrogen-bond acceptors (Lipinski definition) is 3. The molecule has 0 saturated carbocycles. The Morgan fingerprint density at radius 2 is 1.41 bits per heavy atom. The fraction of sp³-hybridized carbons (Fsp3) is 0.231. The van der Waals surface area contributed by atoms with E-state index in [4.69, 9.17) is 4.74 Å². The van der Waals surface area contributed by atoms with Gasteiger partial charge in [0.2, 0.25) is 0 Å². The summed E-state index contributed by atoms with van der Waals surface area (Å²) in [6, 6.07) is 23.8. The van der Waals surface area contributed by atoms with Crippen LogP contribution in [0.1, 0.15) is 21.5 Å². The lowest BCUT2D eigenvalue weighted by molar-refractivity contribution is -0.134. The maximum atomic E-state index is 13.9. The van der Waals surface area contributed by atoms with E-state index in [1.165, 1.54) is 17.7 Å². The number of ether oxygens (including phenoxy) is 1. The van der Waals surface area contributed by atoms with Gasteiger partial charge >= 0.3 is 0 Å². The van der Waals surface area contributed by atoms with Crippen molar-refractivity contribution >= 4 is 11.8 Å². The van der Waals surface area contributed by atoms with Crippen molar-refractivity contribution in [1.29, 1.82) is 0 Å². The van der Waals surface area contributed by atoms with Crippen LogP contribution in [-0.4, -0.2) is 54.4 Å². The molecule has 0 spiro atoms. The number of piperazine rings is 1. The molecule has 3 aromatic rings. The normalized spacial score (nSPS) is 13.7. The molecule has 0 aromatic heterocycles. The van der Waals surface area contributed by atoms with Gasteiger partial charge in [0.05, 0.1) is 5.56 Å². The molecule has 3 aromatic carbocycles. The number of carbonyl (C=O) groups is 2. The van der Waals surface area contributed by atoms with E-state index in [2.05, 4.69) is 12.1 Å². The molecule has 164 valence electrons. The Hall–Kier alpha value is -3.67. The predicted molar refractivity (Wildman–Crippen MR) is 120 cm³/mol. The zero-order valence-electron chi connectivity index (χ0n) is 17.7. The third-order valence-electron chi connectivity index (χ3n) is 5.59. The first-order chi connectivity index (χ1) is 15.6. The van der Waals surface area contributed by atoms with Crippen LogP contribution in [0.5, 0.6) is 5.75 Å². The number of halogens is 1. The Kier molecular flexibility index (Phi) is 6.80. The number of hydrogen-bond donors (Lipinski definition) is 0. The highest BCUT2D eigenvalue weighted by atomic mass is 19.1. The van der Waals surface area contributed by atoms with Gasteiger partial charge in [-0.3, -0.25) is 9.59 Å². The topological polar surface area (TPSA) is 49.9 Å². The van der Waals surface area contributed by atoms with Crippen molar-refractivity contribution in [1.82, 2.24) is 9.80 Å². The standard InChI is InChI=1S/C26H25FN2O3/c27-23-12-6-5-11-22(23)26(31)29-16-14-28(15-17-29)25(30)19-32-24-13-7-4-10-21(24)18-20-8-2-1-3-9-20/h1-13H,14-19H2. The van der Waals surface area contributed by atoms with E-state index >= 15 is 0 Å². The van der Waals surface area contributed by atoms with Crippen LogP contribution in [0.3, 0.4) is 0 Å². The molecule has 1 heterocycles. The summed E-state index contributed by atoms with van der Waals surface area (Å²) in [7, 11) is 0. The molecular formula is C26H25FN2O3. The summed E-state index contributed by atoms with van der Waals surface area (Å²) in [5.41, 5.74) is 2.25. The molecule has 0 N–H and O–H groups in total. The van der Waals surface area contributed by atoms with Crippen LogP contribution in [-0.2, 0) is 11.2 Å². The van der Waals surface area contributed by atoms with Gasteiger partial charge in [-0.25, -0.2) is 4.39 Å². The van der Waals surface area contributed by atoms with Crippen molar-refractivity contribution in [2.24, 2.45) is 0 Å². The Bertz CT molecular complexity index is 1080. The zero-order valence-corrected chi connectivity index (χ0v) is 17.7. The van der Waals surface area contributed by atoms with Crippen molar-refractivity contribution in [3.8, 4) is 5.75 Å². The van der Waals surface area contributed by atoms with Crippen molar-refractivity contribution in [3.63, 3.8) is 0 Å². The van der Waals surface area contributed by atoms with Gasteiger partial charge in [0.1, 0.15) is 11.6 Å². The quantitative estimate of drug-likeness (QED) is 0.596. The molecule has 1 aliphatic heterocycles. The van der Waals surface area contributed by atoms with Crippen LogP contribution in [0.15, 0.2) is 78.9 Å². The molecule has 5 nitrogen and oxygen atoms in total. The molecule has 0 atom stereocenters. The summed E-state index contributed by atoms with van der Waals surface area (Å²) in [5.74, 6) is -0.310. The van der Waals surface area contributed by atoms with Crippen LogP contribution >= 0.6 is 0 Å². The summed E-state index contributed by atoms with van der Waals surface area (Å²) in [5, 5.41) is 0. The maximum Gasteiger partial charge on any atom is 0.260 e. The molecule has 4 rings (SSSR count). The Morgan fingerprint density at radius 1 is 0.781 bits per heavy atom. The Balaban J connectivity index is 1.31. The van der Waals surface area contributed by atoms with E-state index in [0.717, 1.165) is 12.0 Å². The van der Waals surface area contributed by atoms with E-state index in [1.807, 2.05) is 42.5 Å². The molecule has 0 radical (unpaired) electrons. The van der Waals surface area contributed by atoms with Crippen molar-refractivity contribution in [3.05, 3.63) is 101 Å². The monoisotopic (exact) mass is 432 g/mol. The smallest absolute Gasteiger partial charge is 0.260 e. The minimum atomic E-state index is -0.529. The van der Waals surface area contributed by atoms with Gasteiger partial charge in [0, 0.05) is 32.6 Å². The van der Waals surface area contributed by atoms with E-state index in [0.29, 0.717) is 31.9 Å². The van der Waals surface area contributed by atoms with Crippen LogP contribution in [0.25, 0.3) is 0 Å². The average molecular weight is 432 g/mol. The van der Waals surface area contributed by atoms with Gasteiger partial charge in [-0.1, -0.05) is 60.7 Å². The summed E-state index contributed by atoms with van der Waals surface area (Å²) < 4.78 is 19.8. The summed E-state index contributed by atoms with van der Waals surface area (Å²) >= 11 is 0. The number of rotatable bonds is 6. The molecule has 1 fully saturated rings. The number of para-hydroxylation sites is 1. The zero-order chi connectivity index (χ0) is 22.3. The van der Waals surface area contributed by atoms with Crippen LogP contribution in [0, 0.1) is 5.82 Å². The summed E-state index contributed by atoms with van der Waals surface area (Å²) in [6.07, 6.45) is 0.724. The van der Waals surface area contributed by atoms with Crippen LogP contribution in [0.4, 0.5) is 4.39 Å². The molecule has 32 heavy (non-hydrogen) atoms.